The van der Waals surface area contributed by atoms with E-state index in [2.05, 4.69) is 5.32 Å². The highest BCUT2D eigenvalue weighted by molar-refractivity contribution is 7.93. The number of hydrogen-bond acceptors (Lipinski definition) is 4. The molecule has 0 radical (unpaired) electrons. The first-order valence-electron chi connectivity index (χ1n) is 9.47. The minimum Gasteiger partial charge on any atom is -0.377 e. The fourth-order valence-corrected chi connectivity index (χ4v) is 5.16. The zero-order chi connectivity index (χ0) is 20.4. The number of amides is 1. The Hall–Kier alpha value is -2.90. The van der Waals surface area contributed by atoms with E-state index in [1.807, 2.05) is 43.3 Å². The minimum absolute atomic E-state index is 0.251. The van der Waals surface area contributed by atoms with Gasteiger partial charge in [0.15, 0.2) is 0 Å². The number of nitrogens with one attached hydrogen (secondary N) is 1. The summed E-state index contributed by atoms with van der Waals surface area (Å²) < 4.78 is 32.4. The van der Waals surface area contributed by atoms with Crippen LogP contribution in [0, 0.1) is 0 Å². The zero-order valence-corrected chi connectivity index (χ0v) is 16.9. The van der Waals surface area contributed by atoms with Gasteiger partial charge in [0.2, 0.25) is 5.91 Å². The van der Waals surface area contributed by atoms with Crippen molar-refractivity contribution in [1.29, 1.82) is 0 Å². The normalized spacial score (nSPS) is 14.3. The second kappa shape index (κ2) is 7.85. The predicted molar refractivity (Wildman–Crippen MR) is 112 cm³/mol. The van der Waals surface area contributed by atoms with E-state index in [1.165, 1.54) is 4.31 Å². The van der Waals surface area contributed by atoms with Crippen LogP contribution >= 0.6 is 0 Å². The molecule has 0 spiro atoms. The number of hydrogen-bond donors (Lipinski definition) is 1. The maximum atomic E-state index is 12.9. The van der Waals surface area contributed by atoms with Gasteiger partial charge >= 0.3 is 0 Å². The van der Waals surface area contributed by atoms with Gasteiger partial charge in [-0.15, -0.1) is 0 Å². The monoisotopic (exact) mass is 410 g/mol. The van der Waals surface area contributed by atoms with Crippen LogP contribution in [0.4, 0.5) is 5.69 Å². The van der Waals surface area contributed by atoms with E-state index in [1.54, 1.807) is 24.3 Å². The number of nitrogens with zero attached hydrogens (tertiary/aromatic N) is 1. The van der Waals surface area contributed by atoms with Crippen molar-refractivity contribution in [3.63, 3.8) is 0 Å². The summed E-state index contributed by atoms with van der Waals surface area (Å²) in [4.78, 5) is 12.8. The fraction of sp³-hybridized carbons (Fsp3) is 0.227. The van der Waals surface area contributed by atoms with Crippen LogP contribution in [0.1, 0.15) is 18.1 Å². The van der Waals surface area contributed by atoms with Crippen molar-refractivity contribution in [2.45, 2.75) is 25.0 Å². The van der Waals surface area contributed by atoms with Gasteiger partial charge < -0.3 is 10.1 Å². The Morgan fingerprint density at radius 3 is 2.41 bits per heavy atom. The molecular weight excluding hydrogens is 388 g/mol. The Morgan fingerprint density at radius 2 is 1.69 bits per heavy atom. The van der Waals surface area contributed by atoms with Gasteiger partial charge in [0.1, 0.15) is 6.54 Å². The van der Waals surface area contributed by atoms with Crippen molar-refractivity contribution in [3.8, 4) is 0 Å². The molecule has 3 aromatic rings. The van der Waals surface area contributed by atoms with Gasteiger partial charge in [-0.05, 0) is 35.6 Å². The summed E-state index contributed by atoms with van der Waals surface area (Å²) >= 11 is 0. The number of carbonyl (C=O) groups excluding carboxylic acids is 1. The molecule has 1 N–H and O–H groups in total. The van der Waals surface area contributed by atoms with Gasteiger partial charge in [0.25, 0.3) is 10.0 Å². The molecule has 0 fully saturated rings. The van der Waals surface area contributed by atoms with Crippen LogP contribution in [0.25, 0.3) is 10.8 Å². The van der Waals surface area contributed by atoms with E-state index in [-0.39, 0.29) is 17.3 Å². The molecule has 1 amide bonds. The van der Waals surface area contributed by atoms with Gasteiger partial charge in [-0.1, -0.05) is 48.5 Å². The predicted octanol–water partition coefficient (Wildman–Crippen LogP) is 3.20. The topological polar surface area (TPSA) is 75.7 Å². The molecule has 0 aromatic heterocycles. The van der Waals surface area contributed by atoms with Crippen LogP contribution in [0.3, 0.4) is 0 Å². The van der Waals surface area contributed by atoms with Gasteiger partial charge in [-0.2, -0.15) is 0 Å². The van der Waals surface area contributed by atoms with Gasteiger partial charge in [0.05, 0.1) is 17.2 Å². The number of sulfonamides is 1. The highest BCUT2D eigenvalue weighted by atomic mass is 32.2. The summed E-state index contributed by atoms with van der Waals surface area (Å²) in [6.45, 7) is 3.25. The Morgan fingerprint density at radius 1 is 1.00 bits per heavy atom. The van der Waals surface area contributed by atoms with E-state index in [4.69, 9.17) is 4.74 Å². The van der Waals surface area contributed by atoms with E-state index in [9.17, 15) is 13.2 Å². The Kier molecular flexibility index (Phi) is 5.25. The average molecular weight is 410 g/mol. The third-order valence-electron chi connectivity index (χ3n) is 4.95. The molecule has 0 atom stereocenters. The smallest absolute Gasteiger partial charge is 0.265 e. The first kappa shape index (κ1) is 19.4. The maximum Gasteiger partial charge on any atom is 0.265 e. The molecule has 7 heteroatoms. The van der Waals surface area contributed by atoms with Crippen LogP contribution < -0.4 is 9.62 Å². The molecule has 1 aliphatic heterocycles. The summed E-state index contributed by atoms with van der Waals surface area (Å²) in [6, 6.07) is 18.4. The first-order chi connectivity index (χ1) is 14.0. The SMILES string of the molecule is CCOCc1ccc(CNC(=O)CN2c3cccc4cccc(c34)S2(=O)=O)cc1. The summed E-state index contributed by atoms with van der Waals surface area (Å²) in [5, 5.41) is 4.33. The zero-order valence-electron chi connectivity index (χ0n) is 16.1. The average Bonchev–Trinajstić information content (AvgIpc) is 2.95. The number of anilines is 1. The molecule has 0 unspecified atom stereocenters. The number of benzene rings is 3. The summed E-state index contributed by atoms with van der Waals surface area (Å²) in [7, 11) is -3.73. The largest absolute Gasteiger partial charge is 0.377 e. The van der Waals surface area contributed by atoms with Crippen molar-refractivity contribution in [2.75, 3.05) is 17.5 Å². The van der Waals surface area contributed by atoms with Crippen molar-refractivity contribution in [1.82, 2.24) is 5.32 Å². The molecule has 0 saturated carbocycles. The van der Waals surface area contributed by atoms with Crippen LogP contribution in [-0.4, -0.2) is 27.5 Å². The molecule has 29 heavy (non-hydrogen) atoms. The molecule has 0 aliphatic carbocycles. The van der Waals surface area contributed by atoms with Crippen LogP contribution in [0.5, 0.6) is 0 Å². The van der Waals surface area contributed by atoms with E-state index < -0.39 is 10.0 Å². The van der Waals surface area contributed by atoms with E-state index in [0.717, 1.165) is 16.5 Å². The second-order valence-corrected chi connectivity index (χ2v) is 8.70. The third kappa shape index (κ3) is 3.71. The van der Waals surface area contributed by atoms with Crippen molar-refractivity contribution >= 4 is 32.4 Å². The fourth-order valence-electron chi connectivity index (χ4n) is 3.49. The third-order valence-corrected chi connectivity index (χ3v) is 6.76. The quantitative estimate of drug-likeness (QED) is 0.649. The lowest BCUT2D eigenvalue weighted by atomic mass is 10.1. The highest BCUT2D eigenvalue weighted by Crippen LogP contribution is 2.41. The second-order valence-electron chi connectivity index (χ2n) is 6.87. The van der Waals surface area contributed by atoms with Gasteiger partial charge in [-0.25, -0.2) is 8.42 Å². The molecule has 0 saturated heterocycles. The van der Waals surface area contributed by atoms with Crippen LogP contribution in [0.15, 0.2) is 65.6 Å². The maximum absolute atomic E-state index is 12.9. The molecule has 4 rings (SSSR count). The Balaban J connectivity index is 1.45. The van der Waals surface area contributed by atoms with Crippen LogP contribution in [-0.2, 0) is 32.7 Å². The van der Waals surface area contributed by atoms with Gasteiger partial charge in [-0.3, -0.25) is 9.10 Å². The standard InChI is InChI=1S/C22H22N2O4S/c1-2-28-15-17-11-9-16(10-12-17)13-23-21(25)14-24-19-7-3-5-18-6-4-8-20(22(18)19)29(24,26)27/h3-12H,2,13-15H2,1H3,(H,23,25). The number of carbonyl (C=O) groups is 1. The van der Waals surface area contributed by atoms with E-state index in [0.29, 0.717) is 30.8 Å². The lowest BCUT2D eigenvalue weighted by Crippen LogP contribution is -2.38. The lowest BCUT2D eigenvalue weighted by molar-refractivity contribution is -0.119. The Labute approximate surface area is 170 Å². The molecule has 3 aromatic carbocycles. The molecule has 150 valence electrons. The van der Waals surface area contributed by atoms with E-state index >= 15 is 0 Å². The van der Waals surface area contributed by atoms with Crippen molar-refractivity contribution < 1.29 is 17.9 Å². The van der Waals surface area contributed by atoms with Crippen molar-refractivity contribution in [2.24, 2.45) is 0 Å². The summed E-state index contributed by atoms with van der Waals surface area (Å²) in [5.41, 5.74) is 2.55. The molecule has 0 bridgehead atoms. The Bertz CT molecular complexity index is 1150. The highest BCUT2D eigenvalue weighted by Gasteiger charge is 2.36. The first-order valence-corrected chi connectivity index (χ1v) is 10.9. The molecule has 6 nitrogen and oxygen atoms in total. The molecule has 1 heterocycles. The summed E-state index contributed by atoms with van der Waals surface area (Å²) in [6.07, 6.45) is 0. The molecular formula is C22H22N2O4S. The summed E-state index contributed by atoms with van der Waals surface area (Å²) in [5.74, 6) is -0.350. The number of ether oxygens (including phenoxy) is 1. The van der Waals surface area contributed by atoms with Crippen LogP contribution in [0.2, 0.25) is 0 Å². The lowest BCUT2D eigenvalue weighted by Gasteiger charge is -2.18. The minimum atomic E-state index is -3.73. The number of rotatable bonds is 7. The molecule has 1 aliphatic rings. The van der Waals surface area contributed by atoms with Crippen molar-refractivity contribution in [3.05, 3.63) is 71.8 Å². The van der Waals surface area contributed by atoms with Gasteiger partial charge in [0, 0.05) is 18.5 Å².